The summed E-state index contributed by atoms with van der Waals surface area (Å²) in [6.45, 7) is 0. The van der Waals surface area contributed by atoms with Gasteiger partial charge >= 0.3 is 0 Å². The predicted octanol–water partition coefficient (Wildman–Crippen LogP) is 2.76. The Morgan fingerprint density at radius 1 is 1.36 bits per heavy atom. The van der Waals surface area contributed by atoms with Gasteiger partial charge in [0.15, 0.2) is 4.96 Å². The summed E-state index contributed by atoms with van der Waals surface area (Å²) < 4.78 is 2.73. The molecule has 0 amide bonds. The van der Waals surface area contributed by atoms with E-state index in [2.05, 4.69) is 31.1 Å². The lowest BCUT2D eigenvalue weighted by Crippen LogP contribution is -2.21. The second-order valence-corrected chi connectivity index (χ2v) is 7.00. The normalized spacial score (nSPS) is 10.8. The van der Waals surface area contributed by atoms with E-state index in [0.717, 1.165) is 14.3 Å². The summed E-state index contributed by atoms with van der Waals surface area (Å²) in [7, 11) is 0. The Balaban J connectivity index is 0.00000225. The van der Waals surface area contributed by atoms with Gasteiger partial charge in [-0.2, -0.15) is 5.10 Å². The number of guanidine groups is 1. The molecule has 4 N–H and O–H groups in total. The number of non-ortho nitro benzene ring substituents is 1. The number of halogens is 2. The zero-order chi connectivity index (χ0) is 17.3. The molecule has 0 aliphatic heterocycles. The van der Waals surface area contributed by atoms with Crippen molar-refractivity contribution in [3.8, 4) is 11.3 Å². The summed E-state index contributed by atoms with van der Waals surface area (Å²) in [5, 5.41) is 18.2. The van der Waals surface area contributed by atoms with Gasteiger partial charge in [-0.15, -0.1) is 17.5 Å². The molecule has 0 saturated heterocycles. The van der Waals surface area contributed by atoms with Crippen molar-refractivity contribution in [2.75, 3.05) is 0 Å². The molecule has 0 atom stereocenters. The zero-order valence-corrected chi connectivity index (χ0v) is 15.6. The Hall–Kier alpha value is -2.50. The van der Waals surface area contributed by atoms with Gasteiger partial charge in [-0.05, 0) is 28.1 Å². The molecule has 130 valence electrons. The first-order valence-corrected chi connectivity index (χ1v) is 8.11. The lowest BCUT2D eigenvalue weighted by molar-refractivity contribution is -0.384. The number of nitrogens with zero attached hydrogens (tertiary/aromatic N) is 5. The number of thiazole rings is 1. The minimum absolute atomic E-state index is 0. The van der Waals surface area contributed by atoms with Crippen molar-refractivity contribution in [3.05, 3.63) is 50.1 Å². The zero-order valence-electron chi connectivity index (χ0n) is 12.4. The topological polar surface area (TPSA) is 137 Å². The molecule has 0 radical (unpaired) electrons. The fourth-order valence-electron chi connectivity index (χ4n) is 2.06. The van der Waals surface area contributed by atoms with E-state index < -0.39 is 4.92 Å². The number of hydrogen-bond donors (Lipinski definition) is 2. The van der Waals surface area contributed by atoms with Gasteiger partial charge in [0.2, 0.25) is 5.96 Å². The van der Waals surface area contributed by atoms with E-state index >= 15 is 0 Å². The number of imidazole rings is 1. The first-order valence-electron chi connectivity index (χ1n) is 6.50. The Morgan fingerprint density at radius 3 is 2.64 bits per heavy atom. The van der Waals surface area contributed by atoms with E-state index in [0.29, 0.717) is 11.4 Å². The Kier molecular flexibility index (Phi) is 5.72. The van der Waals surface area contributed by atoms with Crippen molar-refractivity contribution < 1.29 is 4.92 Å². The first-order chi connectivity index (χ1) is 11.5. The summed E-state index contributed by atoms with van der Waals surface area (Å²) in [6, 6.07) is 6.13. The fourth-order valence-corrected chi connectivity index (χ4v) is 3.42. The summed E-state index contributed by atoms with van der Waals surface area (Å²) in [5.74, 6) is -0.157. The maximum Gasteiger partial charge on any atom is 0.269 e. The van der Waals surface area contributed by atoms with Crippen molar-refractivity contribution in [2.24, 2.45) is 21.7 Å². The predicted molar refractivity (Wildman–Crippen MR) is 104 cm³/mol. The van der Waals surface area contributed by atoms with Crippen molar-refractivity contribution in [1.29, 1.82) is 0 Å². The molecule has 9 nitrogen and oxygen atoms in total. The minimum atomic E-state index is -0.451. The fraction of sp³-hybridized carbons (Fsp3) is 0. The number of nitro benzene ring substituents is 1. The van der Waals surface area contributed by atoms with Gasteiger partial charge in [0.05, 0.1) is 26.3 Å². The van der Waals surface area contributed by atoms with Gasteiger partial charge in [0.1, 0.15) is 0 Å². The van der Waals surface area contributed by atoms with Crippen LogP contribution in [0.1, 0.15) is 5.69 Å². The lowest BCUT2D eigenvalue weighted by Gasteiger charge is -1.99. The minimum Gasteiger partial charge on any atom is -0.369 e. The molecule has 0 spiro atoms. The largest absolute Gasteiger partial charge is 0.369 e. The second-order valence-electron chi connectivity index (χ2n) is 4.61. The highest BCUT2D eigenvalue weighted by molar-refractivity contribution is 9.11. The van der Waals surface area contributed by atoms with Crippen molar-refractivity contribution in [3.63, 3.8) is 0 Å². The quantitative estimate of drug-likeness (QED) is 0.276. The SMILES string of the molecule is Cl.NC(N)=N/N=C/c1c(-c2ccc([N+](=O)[O-])cc2)nc2sc(Br)cn12. The van der Waals surface area contributed by atoms with Gasteiger partial charge in [-0.1, -0.05) is 11.3 Å². The van der Waals surface area contributed by atoms with Crippen LogP contribution in [0.2, 0.25) is 0 Å². The van der Waals surface area contributed by atoms with E-state index in [1.54, 1.807) is 12.1 Å². The smallest absolute Gasteiger partial charge is 0.269 e. The van der Waals surface area contributed by atoms with E-state index in [1.165, 1.54) is 29.7 Å². The number of nitro groups is 1. The Bertz CT molecular complexity index is 976. The highest BCUT2D eigenvalue weighted by Crippen LogP contribution is 2.30. The molecule has 0 fully saturated rings. The van der Waals surface area contributed by atoms with Crippen molar-refractivity contribution in [2.45, 2.75) is 0 Å². The molecule has 2 aromatic heterocycles. The maximum atomic E-state index is 10.8. The van der Waals surface area contributed by atoms with Gasteiger partial charge < -0.3 is 11.5 Å². The maximum absolute atomic E-state index is 10.8. The Labute approximate surface area is 159 Å². The Morgan fingerprint density at radius 2 is 2.04 bits per heavy atom. The number of rotatable bonds is 4. The number of benzene rings is 1. The lowest BCUT2D eigenvalue weighted by atomic mass is 10.1. The number of fused-ring (bicyclic) bond motifs is 1. The molecule has 3 aromatic rings. The molecule has 3 rings (SSSR count). The monoisotopic (exact) mass is 443 g/mol. The molecule has 0 aliphatic rings. The van der Waals surface area contributed by atoms with Crippen LogP contribution in [0, 0.1) is 10.1 Å². The van der Waals surface area contributed by atoms with Crippen LogP contribution in [0.4, 0.5) is 5.69 Å². The highest BCUT2D eigenvalue weighted by atomic mass is 79.9. The van der Waals surface area contributed by atoms with Gasteiger partial charge in [0, 0.05) is 23.9 Å². The van der Waals surface area contributed by atoms with Crippen LogP contribution in [0.3, 0.4) is 0 Å². The van der Waals surface area contributed by atoms with Crippen LogP contribution in [0.5, 0.6) is 0 Å². The molecular weight excluding hydrogens is 434 g/mol. The third-order valence-corrected chi connectivity index (χ3v) is 4.50. The van der Waals surface area contributed by atoms with Crippen LogP contribution < -0.4 is 11.5 Å². The van der Waals surface area contributed by atoms with Gasteiger partial charge in [0.25, 0.3) is 5.69 Å². The molecule has 1 aromatic carbocycles. The molecule has 25 heavy (non-hydrogen) atoms. The molecule has 12 heteroatoms. The molecule has 0 unspecified atom stereocenters. The average Bonchev–Trinajstić information content (AvgIpc) is 3.04. The van der Waals surface area contributed by atoms with Crippen LogP contribution >= 0.6 is 39.7 Å². The third kappa shape index (κ3) is 3.95. The van der Waals surface area contributed by atoms with Gasteiger partial charge in [-0.3, -0.25) is 14.5 Å². The summed E-state index contributed by atoms with van der Waals surface area (Å²) in [5.41, 5.74) is 12.5. The van der Waals surface area contributed by atoms with Gasteiger partial charge in [-0.25, -0.2) is 4.98 Å². The highest BCUT2D eigenvalue weighted by Gasteiger charge is 2.16. The molecular formula is C13H11BrClN7O2S. The van der Waals surface area contributed by atoms with Crippen LogP contribution in [-0.4, -0.2) is 26.5 Å². The number of aromatic nitrogens is 2. The van der Waals surface area contributed by atoms with Crippen LogP contribution in [-0.2, 0) is 0 Å². The molecule has 2 heterocycles. The summed E-state index contributed by atoms with van der Waals surface area (Å²) >= 11 is 4.85. The van der Waals surface area contributed by atoms with Crippen molar-refractivity contribution >= 4 is 62.5 Å². The van der Waals surface area contributed by atoms with Crippen molar-refractivity contribution in [1.82, 2.24) is 9.38 Å². The summed E-state index contributed by atoms with van der Waals surface area (Å²) in [4.78, 5) is 15.6. The van der Waals surface area contributed by atoms with E-state index in [1.807, 2.05) is 10.6 Å². The van der Waals surface area contributed by atoms with E-state index in [-0.39, 0.29) is 24.1 Å². The van der Waals surface area contributed by atoms with E-state index in [9.17, 15) is 10.1 Å². The van der Waals surface area contributed by atoms with E-state index in [4.69, 9.17) is 11.5 Å². The van der Waals surface area contributed by atoms with Crippen LogP contribution in [0.15, 0.2) is 44.5 Å². The third-order valence-electron chi connectivity index (χ3n) is 3.04. The van der Waals surface area contributed by atoms with Crippen LogP contribution in [0.25, 0.3) is 16.2 Å². The average molecular weight is 445 g/mol. The number of hydrogen-bond acceptors (Lipinski definition) is 6. The number of nitrogens with two attached hydrogens (primary N) is 2. The molecule has 0 saturated carbocycles. The standard InChI is InChI=1S/C13H10BrN7O2S.ClH/c14-10-6-20-9(5-17-19-12(15)16)11(18-13(20)24-10)7-1-3-8(4-2-7)21(22)23;/h1-6H,(H4,15,16,19);1H/b17-5+;. The summed E-state index contributed by atoms with van der Waals surface area (Å²) in [6.07, 6.45) is 3.33. The first kappa shape index (κ1) is 18.8. The second kappa shape index (κ2) is 7.59. The molecule has 0 aliphatic carbocycles. The molecule has 0 bridgehead atoms.